The molecule has 1 heterocycles. The second-order valence-electron chi connectivity index (χ2n) is 6.46. The van der Waals surface area contributed by atoms with Crippen LogP contribution in [0.15, 0.2) is 18.2 Å². The summed E-state index contributed by atoms with van der Waals surface area (Å²) in [4.78, 5) is 12.5. The minimum absolute atomic E-state index is 0.0180. The van der Waals surface area contributed by atoms with Crippen LogP contribution in [0.5, 0.6) is 0 Å². The molecule has 1 aliphatic carbocycles. The molecule has 1 saturated carbocycles. The number of benzene rings is 1. The molecule has 3 N–H and O–H groups in total. The number of hydrogen-bond acceptors (Lipinski definition) is 3. The molecule has 1 fully saturated rings. The normalized spacial score (nSPS) is 26.9. The van der Waals surface area contributed by atoms with Crippen molar-refractivity contribution in [1.29, 1.82) is 0 Å². The minimum atomic E-state index is -0.320. The molecule has 1 aliphatic heterocycles. The zero-order chi connectivity index (χ0) is 14.3. The Labute approximate surface area is 119 Å². The minimum Gasteiger partial charge on any atom is -0.392 e. The average Bonchev–Trinajstić information content (AvgIpc) is 2.46. The number of nitrogens with one attached hydrogen (secondary N) is 2. The smallest absolute Gasteiger partial charge is 0.251 e. The van der Waals surface area contributed by atoms with Gasteiger partial charge in [-0.15, -0.1) is 0 Å². The van der Waals surface area contributed by atoms with E-state index in [1.807, 2.05) is 32.0 Å². The van der Waals surface area contributed by atoms with E-state index >= 15 is 0 Å². The molecule has 20 heavy (non-hydrogen) atoms. The van der Waals surface area contributed by atoms with Gasteiger partial charge in [0.25, 0.3) is 5.91 Å². The molecule has 2 aliphatic rings. The number of hydrogen-bond donors (Lipinski definition) is 3. The van der Waals surface area contributed by atoms with Crippen LogP contribution in [0.4, 0.5) is 5.69 Å². The lowest BCUT2D eigenvalue weighted by molar-refractivity contribution is -0.0689. The van der Waals surface area contributed by atoms with Crippen molar-refractivity contribution in [3.8, 4) is 0 Å². The van der Waals surface area contributed by atoms with Crippen LogP contribution in [0.1, 0.15) is 42.6 Å². The lowest BCUT2D eigenvalue weighted by atomic mass is 9.64. The van der Waals surface area contributed by atoms with Crippen molar-refractivity contribution in [2.24, 2.45) is 5.41 Å². The summed E-state index contributed by atoms with van der Waals surface area (Å²) in [5.41, 5.74) is 2.74. The summed E-state index contributed by atoms with van der Waals surface area (Å²) in [6.07, 6.45) is 2.33. The maximum atomic E-state index is 12.5. The second kappa shape index (κ2) is 4.77. The van der Waals surface area contributed by atoms with Crippen LogP contribution in [0, 0.1) is 5.41 Å². The lowest BCUT2D eigenvalue weighted by Gasteiger charge is -2.49. The van der Waals surface area contributed by atoms with Gasteiger partial charge in [-0.2, -0.15) is 0 Å². The molecule has 1 aromatic carbocycles. The maximum Gasteiger partial charge on any atom is 0.251 e. The van der Waals surface area contributed by atoms with Crippen LogP contribution in [-0.2, 0) is 6.42 Å². The molecular weight excluding hydrogens is 252 g/mol. The molecule has 0 saturated heterocycles. The van der Waals surface area contributed by atoms with Crippen molar-refractivity contribution in [2.75, 3.05) is 11.9 Å². The Kier molecular flexibility index (Phi) is 3.21. The summed E-state index contributed by atoms with van der Waals surface area (Å²) < 4.78 is 0. The SMILES string of the molecule is CC1(C)C(O)CC1NC(=O)c1cccc2c1CCCN2. The van der Waals surface area contributed by atoms with E-state index in [4.69, 9.17) is 0 Å². The number of fused-ring (bicyclic) bond motifs is 1. The van der Waals surface area contributed by atoms with Gasteiger partial charge in [0.15, 0.2) is 0 Å². The highest BCUT2D eigenvalue weighted by Crippen LogP contribution is 2.40. The third-order valence-corrected chi connectivity index (χ3v) is 4.86. The Balaban J connectivity index is 1.78. The molecule has 1 amide bonds. The number of anilines is 1. The van der Waals surface area contributed by atoms with Gasteiger partial charge < -0.3 is 15.7 Å². The number of carbonyl (C=O) groups is 1. The maximum absolute atomic E-state index is 12.5. The van der Waals surface area contributed by atoms with Crippen molar-refractivity contribution >= 4 is 11.6 Å². The van der Waals surface area contributed by atoms with Gasteiger partial charge in [-0.1, -0.05) is 19.9 Å². The molecule has 108 valence electrons. The quantitative estimate of drug-likeness (QED) is 0.772. The molecule has 2 atom stereocenters. The van der Waals surface area contributed by atoms with E-state index in [0.717, 1.165) is 36.2 Å². The summed E-state index contributed by atoms with van der Waals surface area (Å²) in [7, 11) is 0. The van der Waals surface area contributed by atoms with E-state index in [2.05, 4.69) is 10.6 Å². The van der Waals surface area contributed by atoms with Crippen molar-refractivity contribution in [3.05, 3.63) is 29.3 Å². The fourth-order valence-electron chi connectivity index (χ4n) is 3.11. The van der Waals surface area contributed by atoms with E-state index in [-0.39, 0.29) is 23.5 Å². The lowest BCUT2D eigenvalue weighted by Crippen LogP contribution is -2.61. The van der Waals surface area contributed by atoms with E-state index in [1.54, 1.807) is 0 Å². The highest BCUT2D eigenvalue weighted by molar-refractivity contribution is 5.97. The first-order valence-electron chi connectivity index (χ1n) is 7.35. The molecule has 4 heteroatoms. The van der Waals surface area contributed by atoms with Crippen LogP contribution < -0.4 is 10.6 Å². The van der Waals surface area contributed by atoms with Crippen LogP contribution in [0.2, 0.25) is 0 Å². The molecule has 1 aromatic rings. The van der Waals surface area contributed by atoms with Gasteiger partial charge in [0, 0.05) is 29.3 Å². The highest BCUT2D eigenvalue weighted by atomic mass is 16.3. The Bertz CT molecular complexity index is 539. The van der Waals surface area contributed by atoms with Crippen molar-refractivity contribution in [1.82, 2.24) is 5.32 Å². The van der Waals surface area contributed by atoms with Crippen LogP contribution in [0.25, 0.3) is 0 Å². The number of amides is 1. The van der Waals surface area contributed by atoms with Gasteiger partial charge in [0.05, 0.1) is 6.10 Å². The third kappa shape index (κ3) is 2.08. The van der Waals surface area contributed by atoms with E-state index in [0.29, 0.717) is 6.42 Å². The summed E-state index contributed by atoms with van der Waals surface area (Å²) >= 11 is 0. The molecule has 0 spiro atoms. The van der Waals surface area contributed by atoms with Gasteiger partial charge >= 0.3 is 0 Å². The Hall–Kier alpha value is -1.55. The number of rotatable bonds is 2. The third-order valence-electron chi connectivity index (χ3n) is 4.86. The molecule has 3 rings (SSSR count). The number of carbonyl (C=O) groups excluding carboxylic acids is 1. The molecule has 2 unspecified atom stereocenters. The van der Waals surface area contributed by atoms with Gasteiger partial charge in [-0.05, 0) is 37.0 Å². The zero-order valence-electron chi connectivity index (χ0n) is 12.1. The second-order valence-corrected chi connectivity index (χ2v) is 6.46. The standard InChI is InChI=1S/C16H22N2O2/c1-16(2)13(9-14(16)19)18-15(20)11-5-3-7-12-10(11)6-4-8-17-12/h3,5,7,13-14,17,19H,4,6,8-9H2,1-2H3,(H,18,20). The van der Waals surface area contributed by atoms with Gasteiger partial charge in [-0.25, -0.2) is 0 Å². The van der Waals surface area contributed by atoms with Crippen molar-refractivity contribution < 1.29 is 9.90 Å². The van der Waals surface area contributed by atoms with Crippen molar-refractivity contribution in [3.63, 3.8) is 0 Å². The number of aliphatic hydroxyl groups excluding tert-OH is 1. The average molecular weight is 274 g/mol. The number of aliphatic hydroxyl groups is 1. The first kappa shape index (κ1) is 13.4. The first-order chi connectivity index (χ1) is 9.50. The molecule has 0 bridgehead atoms. The summed E-state index contributed by atoms with van der Waals surface area (Å²) in [5.74, 6) is -0.0180. The predicted molar refractivity (Wildman–Crippen MR) is 78.9 cm³/mol. The topological polar surface area (TPSA) is 61.4 Å². The van der Waals surface area contributed by atoms with Crippen LogP contribution in [-0.4, -0.2) is 29.7 Å². The Morgan fingerprint density at radius 2 is 2.25 bits per heavy atom. The molecule has 0 radical (unpaired) electrons. The summed E-state index contributed by atoms with van der Waals surface area (Å²) in [6, 6.07) is 5.90. The monoisotopic (exact) mass is 274 g/mol. The van der Waals surface area contributed by atoms with Gasteiger partial charge in [-0.3, -0.25) is 4.79 Å². The fraction of sp³-hybridized carbons (Fsp3) is 0.562. The zero-order valence-corrected chi connectivity index (χ0v) is 12.1. The molecule has 4 nitrogen and oxygen atoms in total. The Morgan fingerprint density at radius 3 is 2.95 bits per heavy atom. The van der Waals surface area contributed by atoms with Crippen molar-refractivity contribution in [2.45, 2.75) is 45.3 Å². The van der Waals surface area contributed by atoms with Crippen LogP contribution >= 0.6 is 0 Å². The summed E-state index contributed by atoms with van der Waals surface area (Å²) in [6.45, 7) is 4.96. The van der Waals surface area contributed by atoms with Gasteiger partial charge in [0.2, 0.25) is 0 Å². The molecule has 0 aromatic heterocycles. The Morgan fingerprint density at radius 1 is 1.45 bits per heavy atom. The van der Waals surface area contributed by atoms with Crippen LogP contribution in [0.3, 0.4) is 0 Å². The largest absolute Gasteiger partial charge is 0.392 e. The first-order valence-corrected chi connectivity index (χ1v) is 7.35. The van der Waals surface area contributed by atoms with Gasteiger partial charge in [0.1, 0.15) is 0 Å². The van der Waals surface area contributed by atoms with E-state index in [1.165, 1.54) is 0 Å². The molecular formula is C16H22N2O2. The van der Waals surface area contributed by atoms with E-state index < -0.39 is 0 Å². The summed E-state index contributed by atoms with van der Waals surface area (Å²) in [5, 5.41) is 16.2. The fourth-order valence-corrected chi connectivity index (χ4v) is 3.11. The predicted octanol–water partition coefficient (Wildman–Crippen LogP) is 1.93. The highest BCUT2D eigenvalue weighted by Gasteiger charge is 2.48. The van der Waals surface area contributed by atoms with E-state index in [9.17, 15) is 9.90 Å².